The average Bonchev–Trinajstić information content (AvgIpc) is 3.04. The summed E-state index contributed by atoms with van der Waals surface area (Å²) in [6.07, 6.45) is 2.93. The highest BCUT2D eigenvalue weighted by Crippen LogP contribution is 2.34. The zero-order valence-electron chi connectivity index (χ0n) is 14.5. The van der Waals surface area contributed by atoms with Crippen molar-refractivity contribution < 1.29 is 9.90 Å². The number of hydrogen-bond acceptors (Lipinski definition) is 4. The van der Waals surface area contributed by atoms with Crippen LogP contribution in [-0.4, -0.2) is 35.5 Å². The summed E-state index contributed by atoms with van der Waals surface area (Å²) in [6.45, 7) is 4.52. The number of likely N-dealkylation sites (tertiary alicyclic amines) is 1. The maximum Gasteiger partial charge on any atom is 0.169 e. The van der Waals surface area contributed by atoms with E-state index in [4.69, 9.17) is 11.6 Å². The Morgan fingerprint density at radius 1 is 1.36 bits per heavy atom. The van der Waals surface area contributed by atoms with Crippen LogP contribution in [0.25, 0.3) is 0 Å². The fourth-order valence-corrected chi connectivity index (χ4v) is 4.77. The normalized spacial score (nSPS) is 21.4. The molecule has 1 unspecified atom stereocenters. The van der Waals surface area contributed by atoms with Crippen molar-refractivity contribution in [3.63, 3.8) is 0 Å². The van der Waals surface area contributed by atoms with Crippen molar-refractivity contribution in [1.82, 2.24) is 4.90 Å². The number of aliphatic hydroxyl groups is 1. The minimum absolute atomic E-state index is 0.123. The molecule has 0 aliphatic carbocycles. The maximum absolute atomic E-state index is 11.5. The molecule has 3 nitrogen and oxygen atoms in total. The van der Waals surface area contributed by atoms with Crippen molar-refractivity contribution in [1.29, 1.82) is 0 Å². The summed E-state index contributed by atoms with van der Waals surface area (Å²) in [5.74, 6) is 0.126. The summed E-state index contributed by atoms with van der Waals surface area (Å²) in [6, 6.07) is 9.93. The molecule has 1 N–H and O–H groups in total. The molecule has 1 aliphatic rings. The molecule has 0 saturated carbocycles. The van der Waals surface area contributed by atoms with Gasteiger partial charge in [0.25, 0.3) is 0 Å². The van der Waals surface area contributed by atoms with Gasteiger partial charge in [0.15, 0.2) is 5.78 Å². The molecule has 2 heterocycles. The number of thiophene rings is 1. The van der Waals surface area contributed by atoms with Crippen molar-refractivity contribution >= 4 is 28.7 Å². The van der Waals surface area contributed by atoms with E-state index in [0.29, 0.717) is 0 Å². The molecular formula is C20H24ClNO2S. The second kappa shape index (κ2) is 8.00. The van der Waals surface area contributed by atoms with Gasteiger partial charge in [0.2, 0.25) is 0 Å². The molecule has 1 fully saturated rings. The molecule has 1 atom stereocenters. The van der Waals surface area contributed by atoms with Gasteiger partial charge in [-0.2, -0.15) is 0 Å². The zero-order valence-corrected chi connectivity index (χ0v) is 16.1. The van der Waals surface area contributed by atoms with Crippen molar-refractivity contribution in [2.45, 2.75) is 32.7 Å². The van der Waals surface area contributed by atoms with E-state index in [1.54, 1.807) is 6.92 Å². The largest absolute Gasteiger partial charge is 0.396 e. The Bertz CT molecular complexity index is 745. The molecule has 0 radical (unpaired) electrons. The Balaban J connectivity index is 1.70. The number of benzene rings is 1. The Morgan fingerprint density at radius 3 is 2.88 bits per heavy atom. The Hall–Kier alpha value is -1.20. The van der Waals surface area contributed by atoms with E-state index in [1.807, 2.05) is 24.3 Å². The van der Waals surface area contributed by atoms with Gasteiger partial charge >= 0.3 is 0 Å². The predicted molar refractivity (Wildman–Crippen MR) is 104 cm³/mol. The highest BCUT2D eigenvalue weighted by Gasteiger charge is 2.35. The van der Waals surface area contributed by atoms with E-state index in [9.17, 15) is 9.90 Å². The van der Waals surface area contributed by atoms with Gasteiger partial charge in [-0.15, -0.1) is 11.3 Å². The highest BCUT2D eigenvalue weighted by atomic mass is 35.5. The molecule has 1 aromatic carbocycles. The third kappa shape index (κ3) is 4.70. The van der Waals surface area contributed by atoms with Crippen molar-refractivity contribution in [2.75, 3.05) is 19.7 Å². The number of rotatable bonds is 6. The molecule has 25 heavy (non-hydrogen) atoms. The molecule has 0 bridgehead atoms. The van der Waals surface area contributed by atoms with Crippen LogP contribution in [0.3, 0.4) is 0 Å². The molecule has 5 heteroatoms. The average molecular weight is 378 g/mol. The molecule has 0 amide bonds. The monoisotopic (exact) mass is 377 g/mol. The first-order valence-electron chi connectivity index (χ1n) is 8.66. The Morgan fingerprint density at radius 2 is 2.20 bits per heavy atom. The molecule has 1 saturated heterocycles. The Kier molecular flexibility index (Phi) is 5.95. The quantitative estimate of drug-likeness (QED) is 0.757. The summed E-state index contributed by atoms with van der Waals surface area (Å²) < 4.78 is 0. The lowest BCUT2D eigenvalue weighted by molar-refractivity contribution is 0.0289. The molecular weight excluding hydrogens is 354 g/mol. The fourth-order valence-electron chi connectivity index (χ4n) is 3.76. The number of aliphatic hydroxyl groups excluding tert-OH is 1. The standard InChI is InChI=1S/C20H24ClNO2S/c1-15(24)19-9-17(12-25-19)11-22-7-3-6-20(13-22,14-23)10-16-4-2-5-18(21)8-16/h2,4-5,8-9,12,23H,3,6-7,10-11,13-14H2,1H3. The van der Waals surface area contributed by atoms with Crippen LogP contribution in [0.4, 0.5) is 0 Å². The second-order valence-corrected chi connectivity index (χ2v) is 8.50. The summed E-state index contributed by atoms with van der Waals surface area (Å²) in [7, 11) is 0. The van der Waals surface area contributed by atoms with Crippen LogP contribution in [0.1, 0.15) is 40.6 Å². The van der Waals surface area contributed by atoms with Gasteiger partial charge in [0, 0.05) is 23.5 Å². The van der Waals surface area contributed by atoms with Gasteiger partial charge in [-0.3, -0.25) is 9.69 Å². The Labute approximate surface area is 158 Å². The number of Topliss-reactive ketones (excluding diaryl/α,β-unsaturated/α-hetero) is 1. The minimum atomic E-state index is -0.123. The first-order valence-corrected chi connectivity index (χ1v) is 9.91. The van der Waals surface area contributed by atoms with Crippen LogP contribution in [0, 0.1) is 5.41 Å². The lowest BCUT2D eigenvalue weighted by Crippen LogP contribution is -2.46. The van der Waals surface area contributed by atoms with Crippen molar-refractivity contribution in [3.05, 3.63) is 56.7 Å². The molecule has 0 spiro atoms. The van der Waals surface area contributed by atoms with Gasteiger partial charge in [-0.1, -0.05) is 23.7 Å². The van der Waals surface area contributed by atoms with E-state index in [1.165, 1.54) is 22.5 Å². The lowest BCUT2D eigenvalue weighted by Gasteiger charge is -2.42. The van der Waals surface area contributed by atoms with Crippen LogP contribution < -0.4 is 0 Å². The smallest absolute Gasteiger partial charge is 0.169 e. The summed E-state index contributed by atoms with van der Waals surface area (Å²) >= 11 is 7.63. The topological polar surface area (TPSA) is 40.5 Å². The van der Waals surface area contributed by atoms with Crippen molar-refractivity contribution in [3.8, 4) is 0 Å². The highest BCUT2D eigenvalue weighted by molar-refractivity contribution is 7.12. The third-order valence-electron chi connectivity index (χ3n) is 4.95. The number of halogens is 1. The van der Waals surface area contributed by atoms with Crippen LogP contribution in [0.2, 0.25) is 5.02 Å². The number of carbonyl (C=O) groups is 1. The predicted octanol–water partition coefficient (Wildman–Crippen LogP) is 4.42. The van der Waals surface area contributed by atoms with Crippen molar-refractivity contribution in [2.24, 2.45) is 5.41 Å². The van der Waals surface area contributed by atoms with Gasteiger partial charge in [-0.05, 0) is 67.4 Å². The van der Waals surface area contributed by atoms with Crippen LogP contribution in [-0.2, 0) is 13.0 Å². The van der Waals surface area contributed by atoms with E-state index in [-0.39, 0.29) is 17.8 Å². The maximum atomic E-state index is 11.5. The van der Waals surface area contributed by atoms with Crippen LogP contribution in [0.15, 0.2) is 35.7 Å². The van der Waals surface area contributed by atoms with E-state index < -0.39 is 0 Å². The summed E-state index contributed by atoms with van der Waals surface area (Å²) in [5.41, 5.74) is 2.24. The van der Waals surface area contributed by atoms with Gasteiger partial charge in [0.05, 0.1) is 11.5 Å². The number of hydrogen-bond donors (Lipinski definition) is 1. The first-order chi connectivity index (χ1) is 12.0. The molecule has 1 aliphatic heterocycles. The zero-order chi connectivity index (χ0) is 17.9. The first kappa shape index (κ1) is 18.6. The number of nitrogens with zero attached hydrogens (tertiary/aromatic N) is 1. The number of carbonyl (C=O) groups excluding carboxylic acids is 1. The SMILES string of the molecule is CC(=O)c1cc(CN2CCCC(CO)(Cc3cccc(Cl)c3)C2)cs1. The molecule has 134 valence electrons. The van der Waals surface area contributed by atoms with E-state index >= 15 is 0 Å². The number of piperidine rings is 1. The van der Waals surface area contributed by atoms with E-state index in [0.717, 1.165) is 48.8 Å². The van der Waals surface area contributed by atoms with Gasteiger partial charge in [-0.25, -0.2) is 0 Å². The minimum Gasteiger partial charge on any atom is -0.396 e. The van der Waals surface area contributed by atoms with Gasteiger partial charge < -0.3 is 5.11 Å². The summed E-state index contributed by atoms with van der Waals surface area (Å²) in [4.78, 5) is 14.7. The molecule has 3 rings (SSSR count). The fraction of sp³-hybridized carbons (Fsp3) is 0.450. The second-order valence-electron chi connectivity index (χ2n) is 7.15. The molecule has 1 aromatic heterocycles. The third-order valence-corrected chi connectivity index (χ3v) is 6.27. The van der Waals surface area contributed by atoms with Crippen LogP contribution >= 0.6 is 22.9 Å². The van der Waals surface area contributed by atoms with Gasteiger partial charge in [0.1, 0.15) is 0 Å². The summed E-state index contributed by atoms with van der Waals surface area (Å²) in [5, 5.41) is 12.9. The van der Waals surface area contributed by atoms with E-state index in [2.05, 4.69) is 16.3 Å². The number of ketones is 1. The molecule has 2 aromatic rings. The van der Waals surface area contributed by atoms with Crippen LogP contribution in [0.5, 0.6) is 0 Å². The lowest BCUT2D eigenvalue weighted by atomic mass is 9.75.